The number of rotatable bonds is 6. The van der Waals surface area contributed by atoms with Crippen molar-refractivity contribution in [2.75, 3.05) is 33.9 Å². The molecule has 1 saturated heterocycles. The molecule has 0 radical (unpaired) electrons. The first-order chi connectivity index (χ1) is 10.2. The van der Waals surface area contributed by atoms with Gasteiger partial charge in [-0.3, -0.25) is 4.90 Å². The van der Waals surface area contributed by atoms with Crippen LogP contribution in [0.3, 0.4) is 0 Å². The zero-order valence-corrected chi connectivity index (χ0v) is 14.7. The second-order valence-electron chi connectivity index (χ2n) is 5.36. The van der Waals surface area contributed by atoms with E-state index < -0.39 is 0 Å². The summed E-state index contributed by atoms with van der Waals surface area (Å²) < 4.78 is 11.9. The number of piperidine rings is 1. The highest BCUT2D eigenvalue weighted by atomic mass is 79.9. The van der Waals surface area contributed by atoms with Crippen molar-refractivity contribution >= 4 is 15.9 Å². The molecule has 0 amide bonds. The van der Waals surface area contributed by atoms with Crippen molar-refractivity contribution in [1.82, 2.24) is 10.2 Å². The minimum absolute atomic E-state index is 0.600. The van der Waals surface area contributed by atoms with Gasteiger partial charge in [0, 0.05) is 24.7 Å². The number of nitrogens with zero attached hydrogens (tertiary/aromatic N) is 1. The van der Waals surface area contributed by atoms with Gasteiger partial charge in [-0.05, 0) is 54.0 Å². The molecule has 1 aromatic carbocycles. The number of likely N-dealkylation sites (N-methyl/N-ethyl adjacent to an activating group) is 1. The third kappa shape index (κ3) is 4.11. The van der Waals surface area contributed by atoms with E-state index in [4.69, 9.17) is 9.47 Å². The summed E-state index contributed by atoms with van der Waals surface area (Å²) in [6.07, 6.45) is 2.51. The fourth-order valence-electron chi connectivity index (χ4n) is 2.91. The lowest BCUT2D eigenvalue weighted by Crippen LogP contribution is -2.45. The Labute approximate surface area is 135 Å². The average Bonchev–Trinajstić information content (AvgIpc) is 2.54. The molecule has 1 fully saturated rings. The van der Waals surface area contributed by atoms with Gasteiger partial charge in [0.2, 0.25) is 0 Å². The highest BCUT2D eigenvalue weighted by molar-refractivity contribution is 9.10. The minimum atomic E-state index is 0.600. The number of nitrogens with one attached hydrogen (secondary N) is 1. The van der Waals surface area contributed by atoms with Gasteiger partial charge in [-0.25, -0.2) is 0 Å². The van der Waals surface area contributed by atoms with Crippen molar-refractivity contribution in [3.63, 3.8) is 0 Å². The van der Waals surface area contributed by atoms with E-state index in [0.29, 0.717) is 6.04 Å². The standard InChI is InChI=1S/C16H25BrN2O2/c1-4-19(13-6-5-7-18-10-13)11-12-8-16(21-3)14(17)9-15(12)20-2/h8-9,13,18H,4-7,10-11H2,1-3H3. The van der Waals surface area contributed by atoms with Gasteiger partial charge in [0.25, 0.3) is 0 Å². The van der Waals surface area contributed by atoms with E-state index >= 15 is 0 Å². The van der Waals surface area contributed by atoms with Gasteiger partial charge in [-0.2, -0.15) is 0 Å². The minimum Gasteiger partial charge on any atom is -0.496 e. The molecule has 1 N–H and O–H groups in total. The molecule has 4 nitrogen and oxygen atoms in total. The fourth-order valence-corrected chi connectivity index (χ4v) is 3.39. The van der Waals surface area contributed by atoms with Crippen LogP contribution in [0.25, 0.3) is 0 Å². The van der Waals surface area contributed by atoms with Crippen LogP contribution in [0.2, 0.25) is 0 Å². The molecule has 21 heavy (non-hydrogen) atoms. The quantitative estimate of drug-likeness (QED) is 0.849. The molecule has 1 aliphatic rings. The van der Waals surface area contributed by atoms with Crippen LogP contribution in [0, 0.1) is 0 Å². The largest absolute Gasteiger partial charge is 0.496 e. The number of halogens is 1. The van der Waals surface area contributed by atoms with Gasteiger partial charge >= 0.3 is 0 Å². The predicted octanol–water partition coefficient (Wildman–Crippen LogP) is 3.04. The highest BCUT2D eigenvalue weighted by Crippen LogP contribution is 2.33. The second kappa shape index (κ2) is 8.01. The van der Waals surface area contributed by atoms with E-state index in [-0.39, 0.29) is 0 Å². The van der Waals surface area contributed by atoms with Crippen molar-refractivity contribution in [1.29, 1.82) is 0 Å². The molecular formula is C16H25BrN2O2. The van der Waals surface area contributed by atoms with E-state index in [2.05, 4.69) is 39.1 Å². The molecule has 1 atom stereocenters. The maximum absolute atomic E-state index is 5.53. The summed E-state index contributed by atoms with van der Waals surface area (Å²) in [4.78, 5) is 2.51. The highest BCUT2D eigenvalue weighted by Gasteiger charge is 2.21. The molecule has 0 aliphatic carbocycles. The first kappa shape index (κ1) is 16.6. The number of hydrogen-bond donors (Lipinski definition) is 1. The van der Waals surface area contributed by atoms with Crippen LogP contribution >= 0.6 is 15.9 Å². The molecule has 1 unspecified atom stereocenters. The summed E-state index contributed by atoms with van der Waals surface area (Å²) in [5.41, 5.74) is 1.17. The normalized spacial score (nSPS) is 18.8. The van der Waals surface area contributed by atoms with Gasteiger partial charge in [0.1, 0.15) is 11.5 Å². The fraction of sp³-hybridized carbons (Fsp3) is 0.625. The summed E-state index contributed by atoms with van der Waals surface area (Å²) in [7, 11) is 3.41. The molecule has 1 aromatic rings. The summed E-state index contributed by atoms with van der Waals surface area (Å²) >= 11 is 3.51. The number of ether oxygens (including phenoxy) is 2. The van der Waals surface area contributed by atoms with E-state index in [1.807, 2.05) is 6.07 Å². The monoisotopic (exact) mass is 356 g/mol. The molecular weight excluding hydrogens is 332 g/mol. The maximum Gasteiger partial charge on any atom is 0.133 e. The first-order valence-corrected chi connectivity index (χ1v) is 8.34. The van der Waals surface area contributed by atoms with Crippen LogP contribution in [0.5, 0.6) is 11.5 Å². The summed E-state index contributed by atoms with van der Waals surface area (Å²) in [6.45, 7) is 6.36. The molecule has 5 heteroatoms. The summed E-state index contributed by atoms with van der Waals surface area (Å²) in [5, 5.41) is 3.49. The third-order valence-electron chi connectivity index (χ3n) is 4.12. The number of benzene rings is 1. The van der Waals surface area contributed by atoms with Crippen molar-refractivity contribution in [2.24, 2.45) is 0 Å². The first-order valence-electron chi connectivity index (χ1n) is 7.54. The predicted molar refractivity (Wildman–Crippen MR) is 89.2 cm³/mol. The van der Waals surface area contributed by atoms with Gasteiger partial charge in [-0.1, -0.05) is 6.92 Å². The molecule has 1 heterocycles. The number of hydrogen-bond acceptors (Lipinski definition) is 4. The number of methoxy groups -OCH3 is 2. The van der Waals surface area contributed by atoms with Crippen molar-refractivity contribution in [2.45, 2.75) is 32.4 Å². The molecule has 1 aliphatic heterocycles. The maximum atomic E-state index is 5.53. The van der Waals surface area contributed by atoms with Crippen LogP contribution in [0.1, 0.15) is 25.3 Å². The molecule has 0 saturated carbocycles. The summed E-state index contributed by atoms with van der Waals surface area (Å²) in [6, 6.07) is 4.66. The van der Waals surface area contributed by atoms with Gasteiger partial charge in [0.05, 0.1) is 18.7 Å². The molecule has 0 spiro atoms. The Bertz CT molecular complexity index is 462. The van der Waals surface area contributed by atoms with E-state index in [0.717, 1.165) is 42.2 Å². The van der Waals surface area contributed by atoms with Crippen LogP contribution in [0.4, 0.5) is 0 Å². The molecule has 118 valence electrons. The Balaban J connectivity index is 2.19. The van der Waals surface area contributed by atoms with Crippen molar-refractivity contribution in [3.8, 4) is 11.5 Å². The Kier molecular flexibility index (Phi) is 6.33. The van der Waals surface area contributed by atoms with Crippen LogP contribution in [-0.4, -0.2) is 44.8 Å². The van der Waals surface area contributed by atoms with Gasteiger partial charge in [-0.15, -0.1) is 0 Å². The topological polar surface area (TPSA) is 33.7 Å². The van der Waals surface area contributed by atoms with Crippen molar-refractivity contribution < 1.29 is 9.47 Å². The molecule has 0 aromatic heterocycles. The zero-order chi connectivity index (χ0) is 15.2. The Morgan fingerprint density at radius 2 is 2.05 bits per heavy atom. The van der Waals surface area contributed by atoms with Crippen LogP contribution < -0.4 is 14.8 Å². The average molecular weight is 357 g/mol. The Hall–Kier alpha value is -0.780. The van der Waals surface area contributed by atoms with Gasteiger partial charge in [0.15, 0.2) is 0 Å². The van der Waals surface area contributed by atoms with Crippen molar-refractivity contribution in [3.05, 3.63) is 22.2 Å². The second-order valence-corrected chi connectivity index (χ2v) is 6.22. The zero-order valence-electron chi connectivity index (χ0n) is 13.1. The lowest BCUT2D eigenvalue weighted by Gasteiger charge is -2.34. The smallest absolute Gasteiger partial charge is 0.133 e. The third-order valence-corrected chi connectivity index (χ3v) is 4.74. The lowest BCUT2D eigenvalue weighted by atomic mass is 10.0. The molecule has 0 bridgehead atoms. The Morgan fingerprint density at radius 3 is 2.62 bits per heavy atom. The van der Waals surface area contributed by atoms with E-state index in [9.17, 15) is 0 Å². The van der Waals surface area contributed by atoms with Gasteiger partial charge < -0.3 is 14.8 Å². The van der Waals surface area contributed by atoms with Crippen LogP contribution in [-0.2, 0) is 6.54 Å². The lowest BCUT2D eigenvalue weighted by molar-refractivity contribution is 0.164. The molecule has 2 rings (SSSR count). The van der Waals surface area contributed by atoms with E-state index in [1.165, 1.54) is 18.4 Å². The summed E-state index contributed by atoms with van der Waals surface area (Å²) in [5.74, 6) is 1.76. The Morgan fingerprint density at radius 1 is 1.29 bits per heavy atom. The van der Waals surface area contributed by atoms with Crippen LogP contribution in [0.15, 0.2) is 16.6 Å². The SMILES string of the molecule is CCN(Cc1cc(OC)c(Br)cc1OC)C1CCCNC1. The van der Waals surface area contributed by atoms with E-state index in [1.54, 1.807) is 14.2 Å².